The maximum Gasteiger partial charge on any atom is 0.277 e. The minimum atomic E-state index is -0.279. The molecule has 0 aliphatic carbocycles. The number of rotatable bonds is 9. The van der Waals surface area contributed by atoms with Crippen molar-refractivity contribution >= 4 is 17.4 Å². The van der Waals surface area contributed by atoms with Gasteiger partial charge >= 0.3 is 0 Å². The number of amides is 2. The lowest BCUT2D eigenvalue weighted by Crippen LogP contribution is -2.35. The van der Waals surface area contributed by atoms with Gasteiger partial charge in [-0.15, -0.1) is 0 Å². The largest absolute Gasteiger partial charge is 0.497 e. The topological polar surface area (TPSA) is 59.1 Å². The summed E-state index contributed by atoms with van der Waals surface area (Å²) >= 11 is 0. The molecule has 0 bridgehead atoms. The van der Waals surface area contributed by atoms with Gasteiger partial charge in [0.05, 0.1) is 19.8 Å². The highest BCUT2D eigenvalue weighted by Gasteiger charge is 2.40. The van der Waals surface area contributed by atoms with Crippen LogP contribution in [0.1, 0.15) is 16.7 Å². The first-order valence-electron chi connectivity index (χ1n) is 11.1. The fourth-order valence-corrected chi connectivity index (χ4v) is 4.11. The number of methoxy groups -OCH3 is 2. The van der Waals surface area contributed by atoms with Gasteiger partial charge in [0.25, 0.3) is 11.8 Å². The van der Waals surface area contributed by atoms with Crippen LogP contribution in [0.4, 0.5) is 0 Å². The lowest BCUT2D eigenvalue weighted by molar-refractivity contribution is -0.137. The van der Waals surface area contributed by atoms with Gasteiger partial charge in [-0.05, 0) is 47.4 Å². The van der Waals surface area contributed by atoms with Crippen LogP contribution in [0.3, 0.4) is 0 Å². The zero-order valence-corrected chi connectivity index (χ0v) is 19.7. The molecule has 0 N–H and O–H groups in total. The van der Waals surface area contributed by atoms with Crippen LogP contribution >= 0.6 is 0 Å². The fraction of sp³-hybridized carbons (Fsp3) is 0.214. The van der Waals surface area contributed by atoms with E-state index in [0.29, 0.717) is 42.1 Å². The molecule has 2 amide bonds. The predicted octanol–water partition coefficient (Wildman–Crippen LogP) is 4.16. The summed E-state index contributed by atoms with van der Waals surface area (Å²) < 4.78 is 10.5. The molecule has 6 heteroatoms. The summed E-state index contributed by atoms with van der Waals surface area (Å²) in [6.07, 6.45) is 0.563. The first-order chi connectivity index (χ1) is 16.5. The molecule has 0 fully saturated rings. The van der Waals surface area contributed by atoms with Crippen molar-refractivity contribution in [2.75, 3.05) is 27.8 Å². The fourth-order valence-electron chi connectivity index (χ4n) is 4.11. The first kappa shape index (κ1) is 23.1. The Labute approximate surface area is 200 Å². The number of nitrogens with zero attached hydrogens (tertiary/aromatic N) is 2. The third kappa shape index (κ3) is 4.81. The molecule has 3 aromatic carbocycles. The van der Waals surface area contributed by atoms with E-state index in [1.54, 1.807) is 26.4 Å². The predicted molar refractivity (Wildman–Crippen MR) is 131 cm³/mol. The molecule has 1 aliphatic heterocycles. The molecule has 0 atom stereocenters. The average Bonchev–Trinajstić information content (AvgIpc) is 3.13. The summed E-state index contributed by atoms with van der Waals surface area (Å²) in [6, 6.07) is 24.8. The van der Waals surface area contributed by atoms with Gasteiger partial charge in [0.1, 0.15) is 17.2 Å². The summed E-state index contributed by atoms with van der Waals surface area (Å²) in [6.45, 7) is 0.813. The molecule has 0 saturated carbocycles. The van der Waals surface area contributed by atoms with E-state index in [-0.39, 0.29) is 11.8 Å². The van der Waals surface area contributed by atoms with E-state index in [1.165, 1.54) is 4.90 Å². The van der Waals surface area contributed by atoms with Gasteiger partial charge in [-0.25, -0.2) is 0 Å². The van der Waals surface area contributed by atoms with Crippen molar-refractivity contribution < 1.29 is 19.1 Å². The number of ether oxygens (including phenoxy) is 2. The first-order valence-corrected chi connectivity index (χ1v) is 11.1. The van der Waals surface area contributed by atoms with E-state index in [0.717, 1.165) is 16.9 Å². The molecule has 0 aromatic heterocycles. The minimum Gasteiger partial charge on any atom is -0.497 e. The molecule has 0 unspecified atom stereocenters. The standard InChI is InChI=1S/C28H28N2O4/c1-29(19-21-7-5-4-6-8-21)26-25(22-11-15-24(34-3)16-12-22)27(31)30(28(26)32)18-17-20-9-13-23(33-2)14-10-20/h4-16H,17-19H2,1-3H3. The maximum atomic E-state index is 13.5. The zero-order valence-electron chi connectivity index (χ0n) is 19.7. The average molecular weight is 457 g/mol. The highest BCUT2D eigenvalue weighted by Crippen LogP contribution is 2.33. The number of imide groups is 1. The maximum absolute atomic E-state index is 13.5. The second-order valence-electron chi connectivity index (χ2n) is 8.15. The van der Waals surface area contributed by atoms with E-state index in [4.69, 9.17) is 9.47 Å². The van der Waals surface area contributed by atoms with E-state index in [1.807, 2.05) is 78.7 Å². The van der Waals surface area contributed by atoms with Crippen LogP contribution in [0.5, 0.6) is 11.5 Å². The number of benzene rings is 3. The zero-order chi connectivity index (χ0) is 24.1. The van der Waals surface area contributed by atoms with Crippen LogP contribution in [-0.2, 0) is 22.6 Å². The van der Waals surface area contributed by atoms with Gasteiger partial charge in [0, 0.05) is 20.1 Å². The second kappa shape index (κ2) is 10.3. The highest BCUT2D eigenvalue weighted by molar-refractivity contribution is 6.35. The quantitative estimate of drug-likeness (QED) is 0.453. The monoisotopic (exact) mass is 456 g/mol. The van der Waals surface area contributed by atoms with E-state index < -0.39 is 0 Å². The van der Waals surface area contributed by atoms with Crippen LogP contribution < -0.4 is 9.47 Å². The summed E-state index contributed by atoms with van der Waals surface area (Å²) in [5, 5.41) is 0. The van der Waals surface area contributed by atoms with Crippen molar-refractivity contribution in [1.82, 2.24) is 9.80 Å². The highest BCUT2D eigenvalue weighted by atomic mass is 16.5. The number of carbonyl (C=O) groups excluding carboxylic acids is 2. The van der Waals surface area contributed by atoms with Crippen molar-refractivity contribution in [2.24, 2.45) is 0 Å². The summed E-state index contributed by atoms with van der Waals surface area (Å²) in [4.78, 5) is 30.3. The van der Waals surface area contributed by atoms with Gasteiger partial charge in [0.15, 0.2) is 0 Å². The molecule has 6 nitrogen and oxygen atoms in total. The molecule has 1 heterocycles. The van der Waals surface area contributed by atoms with Crippen molar-refractivity contribution in [2.45, 2.75) is 13.0 Å². The Balaban J connectivity index is 1.62. The molecular weight excluding hydrogens is 428 g/mol. The third-order valence-electron chi connectivity index (χ3n) is 5.95. The lowest BCUT2D eigenvalue weighted by atomic mass is 10.0. The molecule has 0 saturated heterocycles. The SMILES string of the molecule is COc1ccc(CCN2C(=O)C(c3ccc(OC)cc3)=C(N(C)Cc3ccccc3)C2=O)cc1. The Hall–Kier alpha value is -4.06. The van der Waals surface area contributed by atoms with Crippen molar-refractivity contribution in [1.29, 1.82) is 0 Å². The molecule has 3 aromatic rings. The van der Waals surface area contributed by atoms with Crippen LogP contribution in [0.2, 0.25) is 0 Å². The van der Waals surface area contributed by atoms with E-state index in [9.17, 15) is 9.59 Å². The Kier molecular flexibility index (Phi) is 6.97. The van der Waals surface area contributed by atoms with Crippen LogP contribution in [0.15, 0.2) is 84.6 Å². The minimum absolute atomic E-state index is 0.275. The van der Waals surface area contributed by atoms with Crippen LogP contribution in [-0.4, -0.2) is 49.4 Å². The Bertz CT molecular complexity index is 1190. The van der Waals surface area contributed by atoms with Gasteiger partial charge in [-0.2, -0.15) is 0 Å². The lowest BCUT2D eigenvalue weighted by Gasteiger charge is -2.21. The van der Waals surface area contributed by atoms with Gasteiger partial charge in [-0.3, -0.25) is 14.5 Å². The third-order valence-corrected chi connectivity index (χ3v) is 5.95. The Morgan fingerprint density at radius 1 is 0.735 bits per heavy atom. The van der Waals surface area contributed by atoms with Crippen LogP contribution in [0.25, 0.3) is 5.57 Å². The summed E-state index contributed by atoms with van der Waals surface area (Å²) in [5.74, 6) is 0.906. The van der Waals surface area contributed by atoms with Crippen molar-refractivity contribution in [3.8, 4) is 11.5 Å². The second-order valence-corrected chi connectivity index (χ2v) is 8.15. The molecule has 0 radical (unpaired) electrons. The number of likely N-dealkylation sites (N-methyl/N-ethyl adjacent to an activating group) is 1. The summed E-state index contributed by atoms with van der Waals surface area (Å²) in [7, 11) is 5.07. The van der Waals surface area contributed by atoms with Gasteiger partial charge in [-0.1, -0.05) is 54.6 Å². The normalized spacial score (nSPS) is 13.4. The van der Waals surface area contributed by atoms with Crippen LogP contribution in [0, 0.1) is 0 Å². The van der Waals surface area contributed by atoms with Crippen molar-refractivity contribution in [3.05, 3.63) is 101 Å². The van der Waals surface area contributed by atoms with E-state index in [2.05, 4.69) is 0 Å². The smallest absolute Gasteiger partial charge is 0.277 e. The Morgan fingerprint density at radius 3 is 1.91 bits per heavy atom. The Morgan fingerprint density at radius 2 is 1.32 bits per heavy atom. The molecule has 0 spiro atoms. The van der Waals surface area contributed by atoms with Gasteiger partial charge < -0.3 is 14.4 Å². The van der Waals surface area contributed by atoms with Gasteiger partial charge in [0.2, 0.25) is 0 Å². The number of hydrogen-bond acceptors (Lipinski definition) is 5. The molecule has 1 aliphatic rings. The molecule has 174 valence electrons. The van der Waals surface area contributed by atoms with E-state index >= 15 is 0 Å². The number of hydrogen-bond donors (Lipinski definition) is 0. The molecular formula is C28H28N2O4. The number of carbonyl (C=O) groups is 2. The van der Waals surface area contributed by atoms with Crippen molar-refractivity contribution in [3.63, 3.8) is 0 Å². The molecule has 34 heavy (non-hydrogen) atoms. The summed E-state index contributed by atoms with van der Waals surface area (Å²) in [5.41, 5.74) is 3.61. The molecule has 4 rings (SSSR count).